The van der Waals surface area contributed by atoms with Gasteiger partial charge in [-0.3, -0.25) is 9.59 Å². The normalized spacial score (nSPS) is 19.2. The van der Waals surface area contributed by atoms with E-state index in [1.807, 2.05) is 66.8 Å². The molecule has 8 atom stereocenters. The van der Waals surface area contributed by atoms with Crippen LogP contribution in [0.1, 0.15) is 284 Å². The lowest BCUT2D eigenvalue weighted by molar-refractivity contribution is -0.305. The van der Waals surface area contributed by atoms with Crippen LogP contribution < -0.4 is 5.32 Å². The minimum atomic E-state index is -1.64. The number of nitrogens with one attached hydrogen (secondary N) is 1. The number of amides is 1. The number of carbonyl (C=O) groups excluding carboxylic acids is 2. The Bertz CT molecular complexity index is 1640. The van der Waals surface area contributed by atoms with E-state index in [-0.39, 0.29) is 19.4 Å². The summed E-state index contributed by atoms with van der Waals surface area (Å²) in [6.07, 6.45) is 64.8. The molecule has 8 unspecified atom stereocenters. The molecule has 1 aliphatic heterocycles. The highest BCUT2D eigenvalue weighted by atomic mass is 16.7. The number of ether oxygens (including phenoxy) is 3. The lowest BCUT2D eigenvalue weighted by atomic mass is 9.99. The summed E-state index contributed by atoms with van der Waals surface area (Å²) in [5.41, 5.74) is 0. The van der Waals surface area contributed by atoms with Crippen molar-refractivity contribution in [2.75, 3.05) is 13.2 Å². The Morgan fingerprint density at radius 1 is 0.494 bits per heavy atom. The summed E-state index contributed by atoms with van der Waals surface area (Å²) in [5.74, 6) is -1.24. The van der Waals surface area contributed by atoms with E-state index in [9.17, 15) is 35.1 Å². The molecule has 1 aliphatic rings. The van der Waals surface area contributed by atoms with Gasteiger partial charge in [-0.15, -0.1) is 0 Å². The molecule has 1 saturated heterocycles. The molecule has 1 amide bonds. The molecule has 0 bridgehead atoms. The summed E-state index contributed by atoms with van der Waals surface area (Å²) >= 11 is 0. The molecule has 81 heavy (non-hydrogen) atoms. The Labute approximate surface area is 495 Å². The maximum atomic E-state index is 13.5. The first-order chi connectivity index (χ1) is 39.7. The summed E-state index contributed by atoms with van der Waals surface area (Å²) < 4.78 is 17.6. The molecule has 0 aromatic heterocycles. The molecule has 1 heterocycles. The van der Waals surface area contributed by atoms with Gasteiger partial charge in [-0.2, -0.15) is 0 Å². The zero-order chi connectivity index (χ0) is 58.9. The number of hydrogen-bond donors (Lipinski definition) is 6. The molecule has 0 aromatic carbocycles. The Morgan fingerprint density at radius 3 is 1.33 bits per heavy atom. The number of rotatable bonds is 56. The van der Waals surface area contributed by atoms with Gasteiger partial charge >= 0.3 is 5.97 Å². The second-order valence-electron chi connectivity index (χ2n) is 23.0. The Hall–Kier alpha value is -3.16. The van der Waals surface area contributed by atoms with Crippen molar-refractivity contribution in [2.24, 2.45) is 0 Å². The highest BCUT2D eigenvalue weighted by Crippen LogP contribution is 2.26. The Balaban J connectivity index is 2.66. The van der Waals surface area contributed by atoms with Crippen molar-refractivity contribution in [1.82, 2.24) is 5.32 Å². The van der Waals surface area contributed by atoms with Gasteiger partial charge in [0.05, 0.1) is 25.4 Å². The van der Waals surface area contributed by atoms with E-state index in [0.717, 1.165) is 64.2 Å². The number of aliphatic hydroxyl groups is 5. The van der Waals surface area contributed by atoms with Crippen molar-refractivity contribution in [3.8, 4) is 0 Å². The molecule has 0 spiro atoms. The van der Waals surface area contributed by atoms with Gasteiger partial charge < -0.3 is 45.1 Å². The first-order valence-corrected chi connectivity index (χ1v) is 33.4. The van der Waals surface area contributed by atoms with Gasteiger partial charge in [-0.05, 0) is 44.9 Å². The number of aliphatic hydroxyl groups excluding tert-OH is 5. The molecule has 1 fully saturated rings. The van der Waals surface area contributed by atoms with Gasteiger partial charge in [0.25, 0.3) is 0 Å². The van der Waals surface area contributed by atoms with Gasteiger partial charge in [0.15, 0.2) is 12.4 Å². The third-order valence-corrected chi connectivity index (χ3v) is 15.5. The van der Waals surface area contributed by atoms with Crippen molar-refractivity contribution in [1.29, 1.82) is 0 Å². The third-order valence-electron chi connectivity index (χ3n) is 15.5. The number of allylic oxidation sites excluding steroid dienone is 13. The van der Waals surface area contributed by atoms with E-state index < -0.39 is 67.4 Å². The summed E-state index contributed by atoms with van der Waals surface area (Å²) in [6.45, 7) is 5.65. The van der Waals surface area contributed by atoms with Gasteiger partial charge in [-0.1, -0.05) is 318 Å². The largest absolute Gasteiger partial charge is 0.454 e. The fraction of sp³-hybridized carbons (Fsp3) is 0.771. The molecule has 0 aliphatic carbocycles. The van der Waals surface area contributed by atoms with Crippen molar-refractivity contribution >= 4 is 11.9 Å². The van der Waals surface area contributed by atoms with Crippen LogP contribution >= 0.6 is 0 Å². The minimum Gasteiger partial charge on any atom is -0.454 e. The summed E-state index contributed by atoms with van der Waals surface area (Å²) in [6, 6.07) is -1.04. The molecule has 0 saturated carbocycles. The second kappa shape index (κ2) is 57.3. The second-order valence-corrected chi connectivity index (χ2v) is 23.0. The van der Waals surface area contributed by atoms with Crippen LogP contribution in [0.4, 0.5) is 0 Å². The predicted octanol–water partition coefficient (Wildman–Crippen LogP) is 16.5. The fourth-order valence-corrected chi connectivity index (χ4v) is 10.2. The van der Waals surface area contributed by atoms with Gasteiger partial charge in [-0.25, -0.2) is 0 Å². The molecule has 6 N–H and O–H groups in total. The first-order valence-electron chi connectivity index (χ1n) is 33.4. The highest BCUT2D eigenvalue weighted by molar-refractivity contribution is 5.80. The van der Waals surface area contributed by atoms with Gasteiger partial charge in [0, 0.05) is 6.42 Å². The van der Waals surface area contributed by atoms with Crippen LogP contribution in [0.2, 0.25) is 0 Å². The first kappa shape index (κ1) is 75.9. The molecular formula is C70H123NO10. The average Bonchev–Trinajstić information content (AvgIpc) is 3.46. The zero-order valence-corrected chi connectivity index (χ0v) is 51.9. The van der Waals surface area contributed by atoms with E-state index in [0.29, 0.717) is 12.8 Å². The quantitative estimate of drug-likeness (QED) is 0.0149. The lowest BCUT2D eigenvalue weighted by Crippen LogP contribution is -2.61. The van der Waals surface area contributed by atoms with Gasteiger partial charge in [0.2, 0.25) is 5.91 Å². The summed E-state index contributed by atoms with van der Waals surface area (Å²) in [7, 11) is 0. The Morgan fingerprint density at radius 2 is 0.889 bits per heavy atom. The van der Waals surface area contributed by atoms with E-state index in [1.165, 1.54) is 173 Å². The Kier molecular flexibility index (Phi) is 53.6. The number of hydrogen-bond acceptors (Lipinski definition) is 10. The zero-order valence-electron chi connectivity index (χ0n) is 51.9. The van der Waals surface area contributed by atoms with E-state index in [1.54, 1.807) is 6.08 Å². The van der Waals surface area contributed by atoms with Crippen LogP contribution in [0.25, 0.3) is 0 Å². The van der Waals surface area contributed by atoms with Crippen molar-refractivity contribution in [2.45, 2.75) is 333 Å². The fourth-order valence-electron chi connectivity index (χ4n) is 10.2. The summed E-state index contributed by atoms with van der Waals surface area (Å²) in [5, 5.41) is 57.1. The van der Waals surface area contributed by atoms with Crippen LogP contribution in [-0.2, 0) is 23.8 Å². The van der Waals surface area contributed by atoms with Crippen LogP contribution in [0.5, 0.6) is 0 Å². The topological polar surface area (TPSA) is 175 Å². The number of esters is 1. The number of carbonyl (C=O) groups is 2. The molecule has 0 aromatic rings. The maximum absolute atomic E-state index is 13.5. The SMILES string of the molecule is CC\C=C/C=C/C=C/C=C\C=C\C=C\CCCCCC(=O)OC1C(OCC(NC(=O)C(O)CCCCCCCCCCCCCCCCCCCCCCCC)C(O)/C=C/CCCCCCCCCCCCC)OC(CO)C(O)C1O. The van der Waals surface area contributed by atoms with Crippen LogP contribution in [0.15, 0.2) is 85.1 Å². The molecule has 11 heteroatoms. The minimum absolute atomic E-state index is 0.0697. The molecule has 11 nitrogen and oxygen atoms in total. The van der Waals surface area contributed by atoms with Crippen LogP contribution in [0.3, 0.4) is 0 Å². The molecular weight excluding hydrogens is 1010 g/mol. The van der Waals surface area contributed by atoms with Crippen molar-refractivity contribution in [3.63, 3.8) is 0 Å². The summed E-state index contributed by atoms with van der Waals surface area (Å²) in [4.78, 5) is 26.6. The highest BCUT2D eigenvalue weighted by Gasteiger charge is 2.47. The molecule has 468 valence electrons. The monoisotopic (exact) mass is 1140 g/mol. The van der Waals surface area contributed by atoms with Gasteiger partial charge in [0.1, 0.15) is 24.4 Å². The van der Waals surface area contributed by atoms with E-state index >= 15 is 0 Å². The van der Waals surface area contributed by atoms with Crippen LogP contribution in [0, 0.1) is 0 Å². The van der Waals surface area contributed by atoms with E-state index in [4.69, 9.17) is 14.2 Å². The number of unbranched alkanes of at least 4 members (excludes halogenated alkanes) is 35. The molecule has 1 rings (SSSR count). The van der Waals surface area contributed by atoms with E-state index in [2.05, 4.69) is 38.2 Å². The predicted molar refractivity (Wildman–Crippen MR) is 338 cm³/mol. The van der Waals surface area contributed by atoms with Crippen molar-refractivity contribution in [3.05, 3.63) is 85.1 Å². The smallest absolute Gasteiger partial charge is 0.306 e. The standard InChI is InChI=1S/C70H123NO10/c1-4-7-10-13-16-19-22-25-27-29-30-31-32-33-35-36-39-42-45-48-51-54-57-63(74)69(78)71-61(62(73)56-53-50-47-44-41-38-24-21-18-15-12-9-6-3)60-79-70-68(67(77)66(76)64(59-72)80-70)81-65(75)58-55-52-49-46-43-40-37-34-28-26-23-20-17-14-11-8-5-2/h8,11,14,17,20,23,26,28,34,37,40,43,53,56,61-64,66-68,70,72-74,76-77H,4-7,9-10,12-13,15-16,18-19,21-22,24-25,27,29-33,35-36,38-39,41-42,44-52,54-55,57-60H2,1-3H3,(H,71,78)/b11-8-,17-14+,23-20+,28-26-,37-34+,43-40+,56-53+. The van der Waals surface area contributed by atoms with Crippen molar-refractivity contribution < 1.29 is 49.3 Å². The maximum Gasteiger partial charge on any atom is 0.306 e. The lowest BCUT2D eigenvalue weighted by Gasteiger charge is -2.41. The third kappa shape index (κ3) is 45.0. The van der Waals surface area contributed by atoms with Crippen LogP contribution in [-0.4, -0.2) is 99.6 Å². The average molecular weight is 1140 g/mol. The molecule has 0 radical (unpaired) electrons.